The normalized spacial score (nSPS) is 32.0. The van der Waals surface area contributed by atoms with Gasteiger partial charge in [-0.05, 0) is 48.4 Å². The van der Waals surface area contributed by atoms with E-state index in [1.807, 2.05) is 0 Å². The second kappa shape index (κ2) is 3.49. The molecule has 0 aliphatic heterocycles. The molecule has 2 heteroatoms. The lowest BCUT2D eigenvalue weighted by Gasteiger charge is -2.36. The van der Waals surface area contributed by atoms with Crippen LogP contribution in [-0.2, 0) is 12.0 Å². The molecule has 0 heterocycles. The highest BCUT2D eigenvalue weighted by atomic mass is 16.5. The van der Waals surface area contributed by atoms with Gasteiger partial charge in [0.25, 0.3) is 0 Å². The first kappa shape index (κ1) is 10.2. The number of fused-ring (bicyclic) bond motifs is 3. The molecule has 16 heavy (non-hydrogen) atoms. The minimum absolute atomic E-state index is 0.0673. The third-order valence-electron chi connectivity index (χ3n) is 4.41. The Balaban J connectivity index is 2.07. The molecule has 0 saturated heterocycles. The molecule has 0 unspecified atom stereocenters. The summed E-state index contributed by atoms with van der Waals surface area (Å²) in [7, 11) is 1.72. The maximum Gasteiger partial charge on any atom is 0.119 e. The minimum Gasteiger partial charge on any atom is -0.497 e. The van der Waals surface area contributed by atoms with Crippen molar-refractivity contribution >= 4 is 0 Å². The average molecular weight is 217 g/mol. The lowest BCUT2D eigenvalue weighted by molar-refractivity contribution is 0.211. The molecule has 2 atom stereocenters. The van der Waals surface area contributed by atoms with Crippen LogP contribution in [0.3, 0.4) is 0 Å². The Morgan fingerprint density at radius 3 is 3.06 bits per heavy atom. The van der Waals surface area contributed by atoms with Crippen molar-refractivity contribution in [1.29, 1.82) is 0 Å². The summed E-state index contributed by atoms with van der Waals surface area (Å²) in [6, 6.07) is 6.40. The maximum absolute atomic E-state index is 6.64. The van der Waals surface area contributed by atoms with E-state index in [9.17, 15) is 0 Å². The van der Waals surface area contributed by atoms with Crippen LogP contribution in [0, 0.1) is 5.92 Å². The van der Waals surface area contributed by atoms with Gasteiger partial charge in [0, 0.05) is 5.54 Å². The van der Waals surface area contributed by atoms with Gasteiger partial charge in [0.2, 0.25) is 0 Å². The van der Waals surface area contributed by atoms with Gasteiger partial charge < -0.3 is 10.5 Å². The zero-order valence-electron chi connectivity index (χ0n) is 9.83. The predicted molar refractivity (Wildman–Crippen MR) is 64.5 cm³/mol. The molecule has 0 aromatic heterocycles. The van der Waals surface area contributed by atoms with Gasteiger partial charge in [-0.25, -0.2) is 0 Å². The molecule has 86 valence electrons. The molecule has 0 amide bonds. The lowest BCUT2D eigenvalue weighted by atomic mass is 9.73. The first-order valence-corrected chi connectivity index (χ1v) is 6.20. The second-order valence-electron chi connectivity index (χ2n) is 5.21. The summed E-state index contributed by atoms with van der Waals surface area (Å²) in [5.41, 5.74) is 9.36. The van der Waals surface area contributed by atoms with Crippen molar-refractivity contribution in [2.75, 3.05) is 7.11 Å². The highest BCUT2D eigenvalue weighted by molar-refractivity contribution is 5.45. The van der Waals surface area contributed by atoms with Gasteiger partial charge in [0.05, 0.1) is 7.11 Å². The molecule has 2 nitrogen and oxygen atoms in total. The van der Waals surface area contributed by atoms with Crippen molar-refractivity contribution < 1.29 is 4.74 Å². The summed E-state index contributed by atoms with van der Waals surface area (Å²) < 4.78 is 5.31. The van der Waals surface area contributed by atoms with Crippen LogP contribution in [0.2, 0.25) is 0 Å². The van der Waals surface area contributed by atoms with Crippen LogP contribution >= 0.6 is 0 Å². The summed E-state index contributed by atoms with van der Waals surface area (Å²) in [5, 5.41) is 0. The lowest BCUT2D eigenvalue weighted by Crippen LogP contribution is -2.43. The van der Waals surface area contributed by atoms with E-state index in [1.165, 1.54) is 30.4 Å². The number of nitrogens with two attached hydrogens (primary N) is 1. The van der Waals surface area contributed by atoms with Gasteiger partial charge in [0.15, 0.2) is 0 Å². The molecular weight excluding hydrogens is 198 g/mol. The van der Waals surface area contributed by atoms with E-state index in [0.717, 1.165) is 18.6 Å². The molecule has 0 bridgehead atoms. The van der Waals surface area contributed by atoms with Crippen molar-refractivity contribution in [2.45, 2.75) is 37.6 Å². The van der Waals surface area contributed by atoms with E-state index in [0.29, 0.717) is 5.92 Å². The molecule has 0 spiro atoms. The van der Waals surface area contributed by atoms with Crippen LogP contribution in [0.4, 0.5) is 0 Å². The Labute approximate surface area is 96.8 Å². The standard InChI is InChI=1S/C14H19NO/c1-16-12-6-5-10-8-11-4-2-3-7-14(11,15)13(10)9-12/h5-6,9,11H,2-4,7-8,15H2,1H3/t11-,14+/m0/s1. The van der Waals surface area contributed by atoms with E-state index in [-0.39, 0.29) is 5.54 Å². The van der Waals surface area contributed by atoms with E-state index >= 15 is 0 Å². The highest BCUT2D eigenvalue weighted by Gasteiger charge is 2.44. The van der Waals surface area contributed by atoms with E-state index in [2.05, 4.69) is 18.2 Å². The molecule has 2 aliphatic carbocycles. The third-order valence-corrected chi connectivity index (χ3v) is 4.41. The second-order valence-corrected chi connectivity index (χ2v) is 5.21. The number of methoxy groups -OCH3 is 1. The van der Waals surface area contributed by atoms with Gasteiger partial charge >= 0.3 is 0 Å². The fourth-order valence-electron chi connectivity index (χ4n) is 3.47. The summed E-state index contributed by atoms with van der Waals surface area (Å²) >= 11 is 0. The number of hydrogen-bond acceptors (Lipinski definition) is 2. The van der Waals surface area contributed by atoms with Crippen molar-refractivity contribution in [1.82, 2.24) is 0 Å². The first-order valence-electron chi connectivity index (χ1n) is 6.20. The van der Waals surface area contributed by atoms with Crippen LogP contribution in [0.15, 0.2) is 18.2 Å². The van der Waals surface area contributed by atoms with E-state index in [1.54, 1.807) is 7.11 Å². The molecule has 1 aromatic rings. The van der Waals surface area contributed by atoms with Gasteiger partial charge in [-0.1, -0.05) is 18.9 Å². The monoisotopic (exact) mass is 217 g/mol. The van der Waals surface area contributed by atoms with Crippen molar-refractivity contribution in [2.24, 2.45) is 11.7 Å². The van der Waals surface area contributed by atoms with Gasteiger partial charge in [0.1, 0.15) is 5.75 Å². The van der Waals surface area contributed by atoms with Gasteiger partial charge in [-0.3, -0.25) is 0 Å². The van der Waals surface area contributed by atoms with Crippen molar-refractivity contribution in [3.05, 3.63) is 29.3 Å². The Morgan fingerprint density at radius 2 is 2.25 bits per heavy atom. The topological polar surface area (TPSA) is 35.2 Å². The van der Waals surface area contributed by atoms with Gasteiger partial charge in [-0.2, -0.15) is 0 Å². The fourth-order valence-corrected chi connectivity index (χ4v) is 3.47. The zero-order valence-corrected chi connectivity index (χ0v) is 9.83. The number of benzene rings is 1. The molecule has 1 fully saturated rings. The minimum atomic E-state index is -0.0673. The van der Waals surface area contributed by atoms with Crippen LogP contribution in [0.1, 0.15) is 36.8 Å². The fraction of sp³-hybridized carbons (Fsp3) is 0.571. The Hall–Kier alpha value is -1.02. The Kier molecular flexibility index (Phi) is 2.21. The Morgan fingerprint density at radius 1 is 1.38 bits per heavy atom. The van der Waals surface area contributed by atoms with Crippen LogP contribution < -0.4 is 10.5 Å². The van der Waals surface area contributed by atoms with Crippen molar-refractivity contribution in [3.63, 3.8) is 0 Å². The molecule has 2 aliphatic rings. The molecular formula is C14H19NO. The maximum atomic E-state index is 6.64. The van der Waals surface area contributed by atoms with E-state index in [4.69, 9.17) is 10.5 Å². The average Bonchev–Trinajstić information content (AvgIpc) is 2.61. The highest BCUT2D eigenvalue weighted by Crippen LogP contribution is 2.48. The molecule has 2 N–H and O–H groups in total. The first-order chi connectivity index (χ1) is 7.74. The number of ether oxygens (including phenoxy) is 1. The van der Waals surface area contributed by atoms with Crippen LogP contribution in [-0.4, -0.2) is 7.11 Å². The largest absolute Gasteiger partial charge is 0.497 e. The molecule has 1 aromatic carbocycles. The quantitative estimate of drug-likeness (QED) is 0.784. The summed E-state index contributed by atoms with van der Waals surface area (Å²) in [5.74, 6) is 1.60. The molecule has 3 rings (SSSR count). The van der Waals surface area contributed by atoms with Crippen molar-refractivity contribution in [3.8, 4) is 5.75 Å². The molecule has 0 radical (unpaired) electrons. The number of hydrogen-bond donors (Lipinski definition) is 1. The van der Waals surface area contributed by atoms with Crippen LogP contribution in [0.5, 0.6) is 5.75 Å². The van der Waals surface area contributed by atoms with E-state index < -0.39 is 0 Å². The predicted octanol–water partition coefficient (Wildman–Crippen LogP) is 2.60. The zero-order chi connectivity index (χ0) is 11.2. The Bertz CT molecular complexity index is 415. The summed E-state index contributed by atoms with van der Waals surface area (Å²) in [6.45, 7) is 0. The summed E-state index contributed by atoms with van der Waals surface area (Å²) in [4.78, 5) is 0. The van der Waals surface area contributed by atoms with Gasteiger partial charge in [-0.15, -0.1) is 0 Å². The molecule has 1 saturated carbocycles. The SMILES string of the molecule is COc1ccc2c(c1)[C@@]1(N)CCCC[C@H]1C2. The third kappa shape index (κ3) is 1.29. The van der Waals surface area contributed by atoms with Crippen LogP contribution in [0.25, 0.3) is 0 Å². The number of rotatable bonds is 1. The smallest absolute Gasteiger partial charge is 0.119 e. The summed E-state index contributed by atoms with van der Waals surface area (Å²) in [6.07, 6.45) is 6.19.